The molecule has 1 aromatic carbocycles. The molecule has 5 heteroatoms. The summed E-state index contributed by atoms with van der Waals surface area (Å²) < 4.78 is 0. The number of nitrogen functional groups attached to an aromatic ring is 1. The number of hydrogen-bond donors (Lipinski definition) is 3. The van der Waals surface area contributed by atoms with Crippen LogP contribution in [-0.2, 0) is 0 Å². The Morgan fingerprint density at radius 1 is 1.62 bits per heavy atom. The average Bonchev–Trinajstić information content (AvgIpc) is 2.68. The lowest BCUT2D eigenvalue weighted by molar-refractivity contribution is 0.0955. The molecule has 2 aromatic rings. The van der Waals surface area contributed by atoms with E-state index in [0.29, 0.717) is 16.8 Å². The number of amides is 1. The van der Waals surface area contributed by atoms with Crippen LogP contribution in [0.25, 0.3) is 10.9 Å². The van der Waals surface area contributed by atoms with E-state index in [9.17, 15) is 4.79 Å². The molecule has 0 aliphatic carbocycles. The maximum Gasteiger partial charge on any atom is 0.273 e. The molecule has 1 aromatic heterocycles. The van der Waals surface area contributed by atoms with E-state index in [1.165, 1.54) is 0 Å². The standard InChI is InChI=1S/C11H10N4O/c1-2-5-13-11(16)10-8-6-7(12)3-4-9(8)14-15-10/h1,3-4,6H,5,12H2,(H,13,16)(H,14,15). The van der Waals surface area contributed by atoms with E-state index < -0.39 is 0 Å². The molecule has 5 nitrogen and oxygen atoms in total. The van der Waals surface area contributed by atoms with E-state index in [-0.39, 0.29) is 12.5 Å². The van der Waals surface area contributed by atoms with Crippen LogP contribution in [0.15, 0.2) is 18.2 Å². The van der Waals surface area contributed by atoms with E-state index in [1.807, 2.05) is 0 Å². The number of anilines is 1. The molecule has 0 saturated heterocycles. The number of nitrogens with two attached hydrogens (primary N) is 1. The fourth-order valence-electron chi connectivity index (χ4n) is 1.42. The zero-order valence-electron chi connectivity index (χ0n) is 8.45. The number of aromatic nitrogens is 2. The van der Waals surface area contributed by atoms with Gasteiger partial charge in [0.2, 0.25) is 0 Å². The van der Waals surface area contributed by atoms with Crippen molar-refractivity contribution in [3.63, 3.8) is 0 Å². The van der Waals surface area contributed by atoms with Gasteiger partial charge in [0.15, 0.2) is 5.69 Å². The maximum absolute atomic E-state index is 11.7. The molecule has 0 saturated carbocycles. The Labute approximate surface area is 92.0 Å². The fourth-order valence-corrected chi connectivity index (χ4v) is 1.42. The van der Waals surface area contributed by atoms with Crippen molar-refractivity contribution in [2.24, 2.45) is 0 Å². The number of H-pyrrole nitrogens is 1. The summed E-state index contributed by atoms with van der Waals surface area (Å²) in [7, 11) is 0. The predicted octanol–water partition coefficient (Wildman–Crippen LogP) is 0.508. The second kappa shape index (κ2) is 3.95. The molecule has 0 aliphatic rings. The summed E-state index contributed by atoms with van der Waals surface area (Å²) in [6, 6.07) is 5.21. The third-order valence-electron chi connectivity index (χ3n) is 2.15. The Morgan fingerprint density at radius 2 is 2.44 bits per heavy atom. The largest absolute Gasteiger partial charge is 0.399 e. The van der Waals surface area contributed by atoms with Crippen molar-refractivity contribution in [3.05, 3.63) is 23.9 Å². The lowest BCUT2D eigenvalue weighted by atomic mass is 10.2. The van der Waals surface area contributed by atoms with Crippen molar-refractivity contribution in [3.8, 4) is 12.3 Å². The average molecular weight is 214 g/mol. The fraction of sp³-hybridized carbons (Fsp3) is 0.0909. The van der Waals surface area contributed by atoms with Gasteiger partial charge in [-0.15, -0.1) is 6.42 Å². The van der Waals surface area contributed by atoms with Crippen LogP contribution in [0.2, 0.25) is 0 Å². The molecule has 0 radical (unpaired) electrons. The van der Waals surface area contributed by atoms with Crippen LogP contribution in [0, 0.1) is 12.3 Å². The van der Waals surface area contributed by atoms with Gasteiger partial charge in [-0.05, 0) is 18.2 Å². The second-order valence-electron chi connectivity index (χ2n) is 3.26. The third kappa shape index (κ3) is 1.68. The van der Waals surface area contributed by atoms with Crippen LogP contribution in [0.1, 0.15) is 10.5 Å². The Kier molecular flexibility index (Phi) is 2.48. The minimum atomic E-state index is -0.310. The van der Waals surface area contributed by atoms with Crippen molar-refractivity contribution in [2.75, 3.05) is 12.3 Å². The van der Waals surface area contributed by atoms with Gasteiger partial charge in [0.25, 0.3) is 5.91 Å². The van der Waals surface area contributed by atoms with Gasteiger partial charge in [-0.2, -0.15) is 5.10 Å². The number of hydrogen-bond acceptors (Lipinski definition) is 3. The molecular weight excluding hydrogens is 204 g/mol. The molecular formula is C11H10N4O. The number of fused-ring (bicyclic) bond motifs is 1. The van der Waals surface area contributed by atoms with Crippen LogP contribution in [0.3, 0.4) is 0 Å². The lowest BCUT2D eigenvalue weighted by Gasteiger charge is -1.98. The molecule has 4 N–H and O–H groups in total. The van der Waals surface area contributed by atoms with Crippen LogP contribution < -0.4 is 11.1 Å². The van der Waals surface area contributed by atoms with Crippen LogP contribution in [0.5, 0.6) is 0 Å². The highest BCUT2D eigenvalue weighted by atomic mass is 16.1. The quantitative estimate of drug-likeness (QED) is 0.503. The van der Waals surface area contributed by atoms with Crippen LogP contribution in [0.4, 0.5) is 5.69 Å². The Bertz CT molecular complexity index is 579. The van der Waals surface area contributed by atoms with Crippen molar-refractivity contribution in [2.45, 2.75) is 0 Å². The second-order valence-corrected chi connectivity index (χ2v) is 3.26. The summed E-state index contributed by atoms with van der Waals surface area (Å²) in [5.41, 5.74) is 7.30. The minimum absolute atomic E-state index is 0.176. The maximum atomic E-state index is 11.7. The minimum Gasteiger partial charge on any atom is -0.399 e. The molecule has 0 unspecified atom stereocenters. The number of aromatic amines is 1. The number of carbonyl (C=O) groups excluding carboxylic acids is 1. The van der Waals surface area contributed by atoms with E-state index in [2.05, 4.69) is 21.4 Å². The summed E-state index contributed by atoms with van der Waals surface area (Å²) in [5, 5.41) is 9.92. The Morgan fingerprint density at radius 3 is 3.19 bits per heavy atom. The van der Waals surface area contributed by atoms with E-state index in [1.54, 1.807) is 18.2 Å². The van der Waals surface area contributed by atoms with Gasteiger partial charge < -0.3 is 11.1 Å². The first kappa shape index (κ1) is 10.1. The SMILES string of the molecule is C#CCNC(=O)c1n[nH]c2ccc(N)cc12. The number of benzene rings is 1. The van der Waals surface area contributed by atoms with E-state index >= 15 is 0 Å². The molecule has 0 aliphatic heterocycles. The lowest BCUT2D eigenvalue weighted by Crippen LogP contribution is -2.24. The molecule has 2 rings (SSSR count). The molecule has 0 spiro atoms. The van der Waals surface area contributed by atoms with Gasteiger partial charge in [-0.3, -0.25) is 9.89 Å². The Hall–Kier alpha value is -2.48. The number of terminal acetylenes is 1. The zero-order chi connectivity index (χ0) is 11.5. The van der Waals surface area contributed by atoms with Crippen molar-refractivity contribution < 1.29 is 4.79 Å². The molecule has 16 heavy (non-hydrogen) atoms. The number of nitrogens with one attached hydrogen (secondary N) is 2. The monoisotopic (exact) mass is 214 g/mol. The summed E-state index contributed by atoms with van der Waals surface area (Å²) in [4.78, 5) is 11.7. The van der Waals surface area contributed by atoms with E-state index in [0.717, 1.165) is 5.52 Å². The summed E-state index contributed by atoms with van der Waals surface area (Å²) in [5.74, 6) is 2.02. The highest BCUT2D eigenvalue weighted by molar-refractivity contribution is 6.05. The number of rotatable bonds is 2. The number of nitrogens with zero attached hydrogens (tertiary/aromatic N) is 1. The number of carbonyl (C=O) groups is 1. The Balaban J connectivity index is 2.41. The molecule has 0 bridgehead atoms. The molecule has 0 atom stereocenters. The normalized spacial score (nSPS) is 9.94. The highest BCUT2D eigenvalue weighted by Crippen LogP contribution is 2.18. The molecule has 0 fully saturated rings. The van der Waals surface area contributed by atoms with Gasteiger partial charge >= 0.3 is 0 Å². The smallest absolute Gasteiger partial charge is 0.273 e. The van der Waals surface area contributed by atoms with Gasteiger partial charge in [0.1, 0.15) is 0 Å². The summed E-state index contributed by atoms with van der Waals surface area (Å²) in [6.45, 7) is 0.176. The zero-order valence-corrected chi connectivity index (χ0v) is 8.45. The van der Waals surface area contributed by atoms with Gasteiger partial charge in [0.05, 0.1) is 12.1 Å². The molecule has 1 heterocycles. The first-order valence-corrected chi connectivity index (χ1v) is 4.67. The van der Waals surface area contributed by atoms with E-state index in [4.69, 9.17) is 12.2 Å². The molecule has 80 valence electrons. The van der Waals surface area contributed by atoms with Gasteiger partial charge in [-0.1, -0.05) is 5.92 Å². The summed E-state index contributed by atoms with van der Waals surface area (Å²) in [6.07, 6.45) is 5.05. The van der Waals surface area contributed by atoms with Crippen LogP contribution in [-0.4, -0.2) is 22.6 Å². The summed E-state index contributed by atoms with van der Waals surface area (Å²) >= 11 is 0. The van der Waals surface area contributed by atoms with Crippen LogP contribution >= 0.6 is 0 Å². The topological polar surface area (TPSA) is 83.8 Å². The first-order chi connectivity index (χ1) is 7.72. The van der Waals surface area contributed by atoms with Crippen molar-refractivity contribution >= 4 is 22.5 Å². The highest BCUT2D eigenvalue weighted by Gasteiger charge is 2.13. The molecule has 1 amide bonds. The van der Waals surface area contributed by atoms with Crippen molar-refractivity contribution in [1.82, 2.24) is 15.5 Å². The predicted molar refractivity (Wildman–Crippen MR) is 61.7 cm³/mol. The van der Waals surface area contributed by atoms with Crippen molar-refractivity contribution in [1.29, 1.82) is 0 Å². The van der Waals surface area contributed by atoms with Gasteiger partial charge in [0, 0.05) is 11.1 Å². The first-order valence-electron chi connectivity index (χ1n) is 4.67. The van der Waals surface area contributed by atoms with Gasteiger partial charge in [-0.25, -0.2) is 0 Å². The third-order valence-corrected chi connectivity index (χ3v) is 2.15.